The van der Waals surface area contributed by atoms with Crippen LogP contribution in [-0.4, -0.2) is 17.0 Å². The molecule has 1 amide bonds. The van der Waals surface area contributed by atoms with Crippen molar-refractivity contribution >= 4 is 39.2 Å². The van der Waals surface area contributed by atoms with Crippen LogP contribution >= 0.6 is 11.3 Å². The Morgan fingerprint density at radius 1 is 1.29 bits per heavy atom. The second kappa shape index (κ2) is 5.02. The molecule has 106 valence electrons. The lowest BCUT2D eigenvalue weighted by Gasteiger charge is -1.97. The number of rotatable bonds is 3. The average Bonchev–Trinajstić information content (AvgIpc) is 3.05. The van der Waals surface area contributed by atoms with E-state index in [0.717, 1.165) is 11.3 Å². The molecular weight excluding hydrogens is 297 g/mol. The molecule has 1 aromatic carbocycles. The maximum absolute atomic E-state index is 13.5. The number of fused-ring (bicyclic) bond motifs is 1. The summed E-state index contributed by atoms with van der Waals surface area (Å²) in [4.78, 5) is 22.8. The second-order valence-corrected chi connectivity index (χ2v) is 5.14. The van der Waals surface area contributed by atoms with E-state index in [9.17, 15) is 14.0 Å². The molecule has 0 saturated carbocycles. The highest BCUT2D eigenvalue weighted by molar-refractivity contribution is 7.14. The van der Waals surface area contributed by atoms with Gasteiger partial charge in [0, 0.05) is 10.8 Å². The Hall–Kier alpha value is -2.67. The third-order valence-corrected chi connectivity index (χ3v) is 3.65. The van der Waals surface area contributed by atoms with Gasteiger partial charge >= 0.3 is 5.97 Å². The first-order valence-corrected chi connectivity index (χ1v) is 6.74. The number of halogens is 1. The summed E-state index contributed by atoms with van der Waals surface area (Å²) in [6, 6.07) is 7.17. The maximum atomic E-state index is 13.5. The van der Waals surface area contributed by atoms with Crippen LogP contribution in [0.3, 0.4) is 0 Å². The van der Waals surface area contributed by atoms with Crippen LogP contribution in [0.4, 0.5) is 9.39 Å². The number of thiophene rings is 1. The molecule has 0 aliphatic heterocycles. The van der Waals surface area contributed by atoms with Crippen molar-refractivity contribution < 1.29 is 23.5 Å². The van der Waals surface area contributed by atoms with Crippen LogP contribution in [0, 0.1) is 5.82 Å². The lowest BCUT2D eigenvalue weighted by atomic mass is 10.2. The summed E-state index contributed by atoms with van der Waals surface area (Å²) in [5, 5.41) is 13.6. The van der Waals surface area contributed by atoms with Gasteiger partial charge in [0.15, 0.2) is 17.2 Å². The summed E-state index contributed by atoms with van der Waals surface area (Å²) in [6.45, 7) is 0. The van der Waals surface area contributed by atoms with Gasteiger partial charge in [0.2, 0.25) is 0 Å². The van der Waals surface area contributed by atoms with E-state index in [-0.39, 0.29) is 16.9 Å². The molecule has 3 aromatic rings. The van der Waals surface area contributed by atoms with E-state index in [1.807, 2.05) is 0 Å². The van der Waals surface area contributed by atoms with Crippen molar-refractivity contribution in [3.8, 4) is 0 Å². The quantitative estimate of drug-likeness (QED) is 0.775. The summed E-state index contributed by atoms with van der Waals surface area (Å²) in [5.41, 5.74) is 0.103. The third-order valence-electron chi connectivity index (χ3n) is 2.80. The molecule has 0 fully saturated rings. The zero-order valence-electron chi connectivity index (χ0n) is 10.4. The van der Waals surface area contributed by atoms with Crippen LogP contribution in [0.5, 0.6) is 0 Å². The second-order valence-electron chi connectivity index (χ2n) is 4.23. The molecule has 0 bridgehead atoms. The van der Waals surface area contributed by atoms with Gasteiger partial charge in [-0.3, -0.25) is 4.79 Å². The number of carbonyl (C=O) groups is 2. The lowest BCUT2D eigenvalue weighted by molar-refractivity contribution is 0.0697. The largest absolute Gasteiger partial charge is 0.478 e. The molecule has 21 heavy (non-hydrogen) atoms. The Morgan fingerprint density at radius 3 is 2.76 bits per heavy atom. The van der Waals surface area contributed by atoms with Crippen molar-refractivity contribution in [2.75, 3.05) is 5.32 Å². The molecule has 7 heteroatoms. The van der Waals surface area contributed by atoms with Gasteiger partial charge in [-0.1, -0.05) is 12.1 Å². The highest BCUT2D eigenvalue weighted by atomic mass is 32.1. The first-order valence-electron chi connectivity index (χ1n) is 5.86. The number of carboxylic acid groups (broad SMARTS) is 1. The number of hydrogen-bond donors (Lipinski definition) is 2. The van der Waals surface area contributed by atoms with Gasteiger partial charge in [0.05, 0.1) is 10.6 Å². The van der Waals surface area contributed by atoms with Gasteiger partial charge in [0.1, 0.15) is 0 Å². The van der Waals surface area contributed by atoms with Crippen molar-refractivity contribution in [3.05, 3.63) is 52.9 Å². The number of nitrogens with one attached hydrogen (secondary N) is 1. The summed E-state index contributed by atoms with van der Waals surface area (Å²) >= 11 is 1.08. The molecule has 0 spiro atoms. The van der Waals surface area contributed by atoms with Crippen LogP contribution in [-0.2, 0) is 0 Å². The summed E-state index contributed by atoms with van der Waals surface area (Å²) in [6.07, 6.45) is 0. The third kappa shape index (κ3) is 2.50. The Morgan fingerprint density at radius 2 is 2.10 bits per heavy atom. The lowest BCUT2D eigenvalue weighted by Crippen LogP contribution is -2.09. The number of para-hydroxylation sites is 1. The smallest absolute Gasteiger partial charge is 0.336 e. The number of furan rings is 1. The summed E-state index contributed by atoms with van der Waals surface area (Å²) < 4.78 is 18.7. The first-order chi connectivity index (χ1) is 10.0. The fraction of sp³-hybridized carbons (Fsp3) is 0. The fourth-order valence-corrected chi connectivity index (χ4v) is 2.60. The zero-order valence-corrected chi connectivity index (χ0v) is 11.2. The SMILES string of the molecule is O=C(O)c1csc(NC(=O)c2cc3cccc(F)c3o2)c1. The van der Waals surface area contributed by atoms with Crippen molar-refractivity contribution in [1.82, 2.24) is 0 Å². The molecule has 0 aliphatic carbocycles. The minimum atomic E-state index is -1.07. The van der Waals surface area contributed by atoms with Crippen LogP contribution in [0.2, 0.25) is 0 Å². The Bertz CT molecular complexity index is 852. The van der Waals surface area contributed by atoms with E-state index in [0.29, 0.717) is 10.4 Å². The molecule has 2 N–H and O–H groups in total. The van der Waals surface area contributed by atoms with Crippen molar-refractivity contribution in [1.29, 1.82) is 0 Å². The van der Waals surface area contributed by atoms with Gasteiger partial charge in [-0.25, -0.2) is 9.18 Å². The molecule has 0 saturated heterocycles. The number of aromatic carboxylic acids is 1. The number of benzene rings is 1. The number of carbonyl (C=O) groups excluding carboxylic acids is 1. The van der Waals surface area contributed by atoms with Gasteiger partial charge in [-0.2, -0.15) is 0 Å². The van der Waals surface area contributed by atoms with Crippen molar-refractivity contribution in [3.63, 3.8) is 0 Å². The molecule has 0 aliphatic rings. The van der Waals surface area contributed by atoms with Crippen molar-refractivity contribution in [2.24, 2.45) is 0 Å². The molecule has 2 aromatic heterocycles. The van der Waals surface area contributed by atoms with Gasteiger partial charge < -0.3 is 14.8 Å². The molecule has 2 heterocycles. The van der Waals surface area contributed by atoms with E-state index in [1.165, 1.54) is 29.6 Å². The number of carboxylic acids is 1. The highest BCUT2D eigenvalue weighted by Gasteiger charge is 2.16. The maximum Gasteiger partial charge on any atom is 0.336 e. The Kier molecular flexibility index (Phi) is 3.19. The van der Waals surface area contributed by atoms with Crippen LogP contribution < -0.4 is 5.32 Å². The molecule has 0 atom stereocenters. The molecular formula is C14H8FNO4S. The minimum absolute atomic E-state index is 0.0139. The molecule has 3 rings (SSSR count). The van der Waals surface area contributed by atoms with Crippen LogP contribution in [0.1, 0.15) is 20.9 Å². The van der Waals surface area contributed by atoms with E-state index < -0.39 is 17.7 Å². The number of anilines is 1. The summed E-state index contributed by atoms with van der Waals surface area (Å²) in [7, 11) is 0. The van der Waals surface area contributed by atoms with E-state index in [1.54, 1.807) is 6.07 Å². The first kappa shape index (κ1) is 13.3. The predicted molar refractivity (Wildman–Crippen MR) is 75.4 cm³/mol. The van der Waals surface area contributed by atoms with Crippen LogP contribution in [0.15, 0.2) is 40.1 Å². The standard InChI is InChI=1S/C14H8FNO4S/c15-9-3-1-2-7-4-10(20-12(7)9)13(17)16-11-5-8(6-21-11)14(18)19/h1-6H,(H,16,17)(H,18,19). The van der Waals surface area contributed by atoms with Gasteiger partial charge in [-0.15, -0.1) is 11.3 Å². The van der Waals surface area contributed by atoms with Crippen LogP contribution in [0.25, 0.3) is 11.0 Å². The monoisotopic (exact) mass is 305 g/mol. The average molecular weight is 305 g/mol. The number of amides is 1. The predicted octanol–water partition coefficient (Wildman–Crippen LogP) is 3.58. The Balaban J connectivity index is 1.86. The highest BCUT2D eigenvalue weighted by Crippen LogP contribution is 2.25. The van der Waals surface area contributed by atoms with Gasteiger partial charge in [-0.05, 0) is 18.2 Å². The zero-order chi connectivity index (χ0) is 15.0. The Labute approximate surface area is 121 Å². The molecule has 0 radical (unpaired) electrons. The molecule has 0 unspecified atom stereocenters. The number of hydrogen-bond acceptors (Lipinski definition) is 4. The topological polar surface area (TPSA) is 79.5 Å². The van der Waals surface area contributed by atoms with E-state index in [2.05, 4.69) is 5.32 Å². The fourth-order valence-electron chi connectivity index (χ4n) is 1.83. The van der Waals surface area contributed by atoms with Crippen molar-refractivity contribution in [2.45, 2.75) is 0 Å². The molecule has 5 nitrogen and oxygen atoms in total. The summed E-state index contributed by atoms with van der Waals surface area (Å²) in [5.74, 6) is -2.22. The van der Waals surface area contributed by atoms with Gasteiger partial charge in [0.25, 0.3) is 5.91 Å². The normalized spacial score (nSPS) is 10.7. The van der Waals surface area contributed by atoms with E-state index >= 15 is 0 Å². The minimum Gasteiger partial charge on any atom is -0.478 e. The van der Waals surface area contributed by atoms with E-state index in [4.69, 9.17) is 9.52 Å².